The van der Waals surface area contributed by atoms with Crippen LogP contribution in [0.15, 0.2) is 59.1 Å². The molecule has 1 N–H and O–H groups in total. The third kappa shape index (κ3) is 3.88. The molecule has 0 fully saturated rings. The van der Waals surface area contributed by atoms with Gasteiger partial charge in [-0.05, 0) is 35.2 Å². The van der Waals surface area contributed by atoms with Crippen LogP contribution in [0.2, 0.25) is 10.0 Å². The summed E-state index contributed by atoms with van der Waals surface area (Å²) in [6, 6.07) is 15.9. The van der Waals surface area contributed by atoms with Crippen molar-refractivity contribution in [2.45, 2.75) is 12.6 Å². The van der Waals surface area contributed by atoms with E-state index in [1.54, 1.807) is 24.3 Å². The third-order valence-electron chi connectivity index (χ3n) is 3.91. The highest BCUT2D eigenvalue weighted by atomic mass is 35.5. The molecule has 1 heterocycles. The van der Waals surface area contributed by atoms with Crippen molar-refractivity contribution < 1.29 is 0 Å². The van der Waals surface area contributed by atoms with Crippen LogP contribution < -0.4 is 5.32 Å². The Morgan fingerprint density at radius 2 is 1.96 bits per heavy atom. The minimum Gasteiger partial charge on any atom is -0.381 e. The van der Waals surface area contributed by atoms with Gasteiger partial charge in [0.1, 0.15) is 0 Å². The molecule has 130 valence electrons. The predicted octanol–water partition coefficient (Wildman–Crippen LogP) is 6.39. The molecule has 0 spiro atoms. The Morgan fingerprint density at radius 3 is 2.62 bits per heavy atom. The first-order valence-corrected chi connectivity index (χ1v) is 9.34. The molecule has 1 atom stereocenters. The Kier molecular flexibility index (Phi) is 5.89. The van der Waals surface area contributed by atoms with Gasteiger partial charge in [0, 0.05) is 22.8 Å². The van der Waals surface area contributed by atoms with Crippen molar-refractivity contribution in [2.75, 3.05) is 5.32 Å². The van der Waals surface area contributed by atoms with Crippen LogP contribution in [0.25, 0.3) is 0 Å². The minimum atomic E-state index is -0.733. The van der Waals surface area contributed by atoms with Crippen molar-refractivity contribution in [3.8, 4) is 6.07 Å². The number of nitrogens with zero attached hydrogens (tertiary/aromatic N) is 2. The van der Waals surface area contributed by atoms with Crippen LogP contribution in [0.1, 0.15) is 27.6 Å². The Balaban J connectivity index is 1.80. The smallest absolute Gasteiger partial charge is 0.154 e. The van der Waals surface area contributed by atoms with Gasteiger partial charge in [0.05, 0.1) is 21.5 Å². The van der Waals surface area contributed by atoms with E-state index in [0.29, 0.717) is 32.6 Å². The van der Waals surface area contributed by atoms with E-state index in [-0.39, 0.29) is 0 Å². The van der Waals surface area contributed by atoms with Gasteiger partial charge in [-0.1, -0.05) is 52.6 Å². The highest BCUT2D eigenvalue weighted by Crippen LogP contribution is 2.39. The summed E-state index contributed by atoms with van der Waals surface area (Å²) in [5.74, 6) is 0. The highest BCUT2D eigenvalue weighted by Gasteiger charge is 2.22. The molecule has 0 aliphatic heterocycles. The fraction of sp³-hybridized carbons (Fsp3) is 0.105. The summed E-state index contributed by atoms with van der Waals surface area (Å²) in [6.45, 7) is 0.492. The molecule has 1 aromatic heterocycles. The molecule has 3 aromatic rings. The number of rotatable bonds is 6. The third-order valence-corrected chi connectivity index (χ3v) is 5.65. The van der Waals surface area contributed by atoms with Crippen molar-refractivity contribution in [3.05, 3.63) is 90.4 Å². The van der Waals surface area contributed by atoms with Gasteiger partial charge in [0.15, 0.2) is 6.04 Å². The monoisotopic (exact) mass is 401 g/mol. The van der Waals surface area contributed by atoms with E-state index in [1.807, 2.05) is 29.6 Å². The molecule has 0 amide bonds. The Bertz CT molecular complexity index is 981. The zero-order valence-corrected chi connectivity index (χ0v) is 15.8. The lowest BCUT2D eigenvalue weighted by molar-refractivity contribution is 0.885. The number of hydrogen-bond donors (Lipinski definition) is 1. The molecular weight excluding hydrogens is 389 g/mol. The lowest BCUT2D eigenvalue weighted by Crippen LogP contribution is -2.03. The standard InChI is InChI=1S/C19H13Cl2N3OS/c20-16-7-8-26-19(16)18(24-25)15-6-5-14(9-17(15)21)23-11-13-4-2-1-3-12(13)10-22/h1-9,18,23H,11H2. The fourth-order valence-electron chi connectivity index (χ4n) is 2.59. The van der Waals surface area contributed by atoms with E-state index in [2.05, 4.69) is 16.6 Å². The maximum absolute atomic E-state index is 11.4. The van der Waals surface area contributed by atoms with Gasteiger partial charge in [-0.25, -0.2) is 0 Å². The van der Waals surface area contributed by atoms with Gasteiger partial charge >= 0.3 is 0 Å². The second-order valence-corrected chi connectivity index (χ2v) is 7.26. The molecule has 2 aromatic carbocycles. The number of nitroso groups, excluding NO2 is 1. The number of halogens is 2. The van der Waals surface area contributed by atoms with Crippen molar-refractivity contribution in [2.24, 2.45) is 5.18 Å². The molecule has 4 nitrogen and oxygen atoms in total. The maximum atomic E-state index is 11.4. The van der Waals surface area contributed by atoms with E-state index in [1.165, 1.54) is 11.3 Å². The molecule has 1 unspecified atom stereocenters. The van der Waals surface area contributed by atoms with Crippen molar-refractivity contribution >= 4 is 40.2 Å². The second-order valence-electron chi connectivity index (χ2n) is 5.50. The van der Waals surface area contributed by atoms with Crippen LogP contribution in [0, 0.1) is 16.2 Å². The van der Waals surface area contributed by atoms with Crippen molar-refractivity contribution in [3.63, 3.8) is 0 Å². The van der Waals surface area contributed by atoms with Crippen LogP contribution >= 0.6 is 34.5 Å². The summed E-state index contributed by atoms with van der Waals surface area (Å²) in [5.41, 5.74) is 2.91. The molecule has 0 bridgehead atoms. The molecule has 0 aliphatic rings. The number of anilines is 1. The zero-order valence-electron chi connectivity index (χ0n) is 13.4. The average molecular weight is 402 g/mol. The first kappa shape index (κ1) is 18.4. The molecule has 26 heavy (non-hydrogen) atoms. The summed E-state index contributed by atoms with van der Waals surface area (Å²) < 4.78 is 0. The number of nitrogens with one attached hydrogen (secondary N) is 1. The first-order chi connectivity index (χ1) is 12.6. The van der Waals surface area contributed by atoms with E-state index in [4.69, 9.17) is 28.5 Å². The second kappa shape index (κ2) is 8.33. The van der Waals surface area contributed by atoms with Gasteiger partial charge in [-0.2, -0.15) is 5.26 Å². The molecule has 0 saturated heterocycles. The molecule has 0 aliphatic carbocycles. The molecule has 0 radical (unpaired) electrons. The zero-order chi connectivity index (χ0) is 18.5. The Hall–Kier alpha value is -2.39. The summed E-state index contributed by atoms with van der Waals surface area (Å²) >= 11 is 13.9. The minimum absolute atomic E-state index is 0.428. The largest absolute Gasteiger partial charge is 0.381 e. The van der Waals surface area contributed by atoms with E-state index in [9.17, 15) is 4.91 Å². The highest BCUT2D eigenvalue weighted by molar-refractivity contribution is 7.10. The number of hydrogen-bond acceptors (Lipinski definition) is 5. The van der Waals surface area contributed by atoms with Crippen molar-refractivity contribution in [1.82, 2.24) is 0 Å². The Labute approximate surface area is 165 Å². The average Bonchev–Trinajstić information content (AvgIpc) is 3.08. The van der Waals surface area contributed by atoms with E-state index in [0.717, 1.165) is 11.3 Å². The van der Waals surface area contributed by atoms with Crippen LogP contribution in [-0.2, 0) is 6.54 Å². The van der Waals surface area contributed by atoms with Crippen LogP contribution in [-0.4, -0.2) is 0 Å². The van der Waals surface area contributed by atoms with E-state index >= 15 is 0 Å². The van der Waals surface area contributed by atoms with Gasteiger partial charge in [0.25, 0.3) is 0 Å². The lowest BCUT2D eigenvalue weighted by atomic mass is 10.1. The van der Waals surface area contributed by atoms with Crippen LogP contribution in [0.5, 0.6) is 0 Å². The lowest BCUT2D eigenvalue weighted by Gasteiger charge is -2.13. The normalized spacial score (nSPS) is 11.6. The SMILES string of the molecule is N#Cc1ccccc1CNc1ccc(C(N=O)c2sccc2Cl)c(Cl)c1. The van der Waals surface area contributed by atoms with Gasteiger partial charge < -0.3 is 5.32 Å². The van der Waals surface area contributed by atoms with Gasteiger partial charge in [-0.3, -0.25) is 0 Å². The molecule has 3 rings (SSSR count). The number of nitriles is 1. The van der Waals surface area contributed by atoms with Crippen molar-refractivity contribution in [1.29, 1.82) is 5.26 Å². The maximum Gasteiger partial charge on any atom is 0.154 e. The van der Waals surface area contributed by atoms with Crippen LogP contribution in [0.4, 0.5) is 5.69 Å². The fourth-order valence-corrected chi connectivity index (χ4v) is 4.07. The Morgan fingerprint density at radius 1 is 1.15 bits per heavy atom. The topological polar surface area (TPSA) is 65.2 Å². The number of thiophene rings is 1. The summed E-state index contributed by atoms with van der Waals surface area (Å²) in [7, 11) is 0. The molecule has 0 saturated carbocycles. The van der Waals surface area contributed by atoms with E-state index < -0.39 is 6.04 Å². The van der Waals surface area contributed by atoms with Gasteiger partial charge in [-0.15, -0.1) is 16.2 Å². The first-order valence-electron chi connectivity index (χ1n) is 7.70. The molecule has 7 heteroatoms. The van der Waals surface area contributed by atoms with Crippen LogP contribution in [0.3, 0.4) is 0 Å². The number of benzene rings is 2. The summed E-state index contributed by atoms with van der Waals surface area (Å²) in [5, 5.41) is 18.3. The quantitative estimate of drug-likeness (QED) is 0.486. The summed E-state index contributed by atoms with van der Waals surface area (Å²) in [6.07, 6.45) is 0. The molecular formula is C19H13Cl2N3OS. The van der Waals surface area contributed by atoms with Gasteiger partial charge in [0.2, 0.25) is 0 Å². The summed E-state index contributed by atoms with van der Waals surface area (Å²) in [4.78, 5) is 12.0. The predicted molar refractivity (Wildman–Crippen MR) is 107 cm³/mol.